The van der Waals surface area contributed by atoms with Gasteiger partial charge in [-0.1, -0.05) is 11.6 Å². The minimum absolute atomic E-state index is 0.602. The van der Waals surface area contributed by atoms with E-state index in [2.05, 4.69) is 4.98 Å². The average molecular weight is 263 g/mol. The van der Waals surface area contributed by atoms with Gasteiger partial charge in [-0.05, 0) is 55.3 Å². The summed E-state index contributed by atoms with van der Waals surface area (Å²) in [5.74, 6) is 1.50. The van der Waals surface area contributed by atoms with Gasteiger partial charge in [0.05, 0.1) is 6.20 Å². The third kappa shape index (κ3) is 3.22. The number of aromatic nitrogens is 1. The van der Waals surface area contributed by atoms with E-state index in [-0.39, 0.29) is 0 Å². The highest BCUT2D eigenvalue weighted by molar-refractivity contribution is 6.30. The molecule has 94 valence electrons. The maximum atomic E-state index is 5.90. The number of nitrogens with two attached hydrogens (primary N) is 1. The Kier molecular flexibility index (Phi) is 4.18. The maximum absolute atomic E-state index is 5.90. The normalized spacial score (nSPS) is 10.4. The highest BCUT2D eigenvalue weighted by Crippen LogP contribution is 2.27. The Labute approximate surface area is 112 Å². The van der Waals surface area contributed by atoms with Crippen LogP contribution >= 0.6 is 11.6 Å². The van der Waals surface area contributed by atoms with Crippen molar-refractivity contribution in [2.24, 2.45) is 5.73 Å². The average Bonchev–Trinajstić information content (AvgIpc) is 2.34. The quantitative estimate of drug-likeness (QED) is 0.919. The lowest BCUT2D eigenvalue weighted by Crippen LogP contribution is -2.03. The number of nitrogens with zero attached hydrogens (tertiary/aromatic N) is 1. The van der Waals surface area contributed by atoms with Crippen LogP contribution in [0.5, 0.6) is 11.5 Å². The number of pyridine rings is 1. The predicted molar refractivity (Wildman–Crippen MR) is 73.3 cm³/mol. The summed E-state index contributed by atoms with van der Waals surface area (Å²) in [5.41, 5.74) is 7.58. The van der Waals surface area contributed by atoms with Crippen LogP contribution < -0.4 is 10.5 Å². The summed E-state index contributed by atoms with van der Waals surface area (Å²) in [6, 6.07) is 7.48. The molecule has 2 rings (SSSR count). The highest BCUT2D eigenvalue weighted by atomic mass is 35.5. The lowest BCUT2D eigenvalue weighted by Gasteiger charge is -2.09. The van der Waals surface area contributed by atoms with E-state index in [1.54, 1.807) is 18.5 Å². The van der Waals surface area contributed by atoms with Crippen LogP contribution in [-0.4, -0.2) is 11.5 Å². The summed E-state index contributed by atoms with van der Waals surface area (Å²) in [7, 11) is 0. The van der Waals surface area contributed by atoms with E-state index in [4.69, 9.17) is 22.1 Å². The molecule has 1 aromatic carbocycles. The van der Waals surface area contributed by atoms with Gasteiger partial charge in [0.1, 0.15) is 11.5 Å². The molecule has 0 unspecified atom stereocenters. The van der Waals surface area contributed by atoms with Crippen LogP contribution in [0.15, 0.2) is 36.7 Å². The third-order valence-corrected chi connectivity index (χ3v) is 2.80. The van der Waals surface area contributed by atoms with Crippen molar-refractivity contribution >= 4 is 11.6 Å². The first-order chi connectivity index (χ1) is 8.69. The summed E-state index contributed by atoms with van der Waals surface area (Å²) in [4.78, 5) is 4.14. The number of benzene rings is 1. The fourth-order valence-corrected chi connectivity index (χ4v) is 1.90. The largest absolute Gasteiger partial charge is 0.455 e. The molecule has 0 fully saturated rings. The minimum Gasteiger partial charge on any atom is -0.455 e. The van der Waals surface area contributed by atoms with Crippen LogP contribution in [0.2, 0.25) is 5.02 Å². The first-order valence-corrected chi connectivity index (χ1v) is 6.15. The molecule has 1 heterocycles. The van der Waals surface area contributed by atoms with E-state index in [0.717, 1.165) is 23.3 Å². The number of aryl methyl sites for hydroxylation is 1. The van der Waals surface area contributed by atoms with Crippen molar-refractivity contribution in [3.8, 4) is 11.5 Å². The molecule has 0 aliphatic rings. The molecule has 18 heavy (non-hydrogen) atoms. The van der Waals surface area contributed by atoms with Crippen molar-refractivity contribution in [2.45, 2.75) is 13.3 Å². The summed E-state index contributed by atoms with van der Waals surface area (Å²) in [5, 5.41) is 0.704. The number of hydrogen-bond acceptors (Lipinski definition) is 3. The molecule has 0 saturated carbocycles. The molecule has 0 spiro atoms. The van der Waals surface area contributed by atoms with E-state index < -0.39 is 0 Å². The fraction of sp³-hybridized carbons (Fsp3) is 0.214. The zero-order valence-corrected chi connectivity index (χ0v) is 10.9. The van der Waals surface area contributed by atoms with Crippen molar-refractivity contribution in [1.29, 1.82) is 0 Å². The smallest absolute Gasteiger partial charge is 0.145 e. The molecule has 0 aliphatic heterocycles. The molecule has 4 heteroatoms. The third-order valence-electron chi connectivity index (χ3n) is 2.57. The zero-order chi connectivity index (χ0) is 13.0. The summed E-state index contributed by atoms with van der Waals surface area (Å²) >= 11 is 5.90. The van der Waals surface area contributed by atoms with Gasteiger partial charge < -0.3 is 10.5 Å². The maximum Gasteiger partial charge on any atom is 0.145 e. The lowest BCUT2D eigenvalue weighted by atomic mass is 10.2. The van der Waals surface area contributed by atoms with Crippen molar-refractivity contribution in [2.75, 3.05) is 6.54 Å². The van der Waals surface area contributed by atoms with E-state index in [1.807, 2.05) is 25.1 Å². The Hall–Kier alpha value is -1.58. The van der Waals surface area contributed by atoms with E-state index in [0.29, 0.717) is 17.3 Å². The van der Waals surface area contributed by atoms with Gasteiger partial charge in [-0.2, -0.15) is 0 Å². The van der Waals surface area contributed by atoms with Gasteiger partial charge in [0, 0.05) is 11.2 Å². The Morgan fingerprint density at radius 2 is 2.11 bits per heavy atom. The summed E-state index contributed by atoms with van der Waals surface area (Å²) in [6.45, 7) is 2.56. The first-order valence-electron chi connectivity index (χ1n) is 5.77. The van der Waals surface area contributed by atoms with Gasteiger partial charge in [-0.3, -0.25) is 4.98 Å². The van der Waals surface area contributed by atoms with Crippen molar-refractivity contribution in [3.05, 3.63) is 52.8 Å². The highest BCUT2D eigenvalue weighted by Gasteiger charge is 2.03. The van der Waals surface area contributed by atoms with Crippen LogP contribution in [0.25, 0.3) is 0 Å². The van der Waals surface area contributed by atoms with Gasteiger partial charge in [0.2, 0.25) is 0 Å². The van der Waals surface area contributed by atoms with Gasteiger partial charge in [0.15, 0.2) is 0 Å². The van der Waals surface area contributed by atoms with Crippen LogP contribution in [-0.2, 0) is 6.42 Å². The van der Waals surface area contributed by atoms with Gasteiger partial charge in [-0.25, -0.2) is 0 Å². The molecule has 0 amide bonds. The SMILES string of the molecule is Cc1cc(Cl)ccc1Oc1cncc(CCN)c1. The van der Waals surface area contributed by atoms with Crippen LogP contribution in [0.4, 0.5) is 0 Å². The lowest BCUT2D eigenvalue weighted by molar-refractivity contribution is 0.476. The number of ether oxygens (including phenoxy) is 1. The predicted octanol–water partition coefficient (Wildman–Crippen LogP) is 3.34. The molecule has 0 saturated heterocycles. The Balaban J connectivity index is 2.20. The number of halogens is 1. The topological polar surface area (TPSA) is 48.1 Å². The second-order valence-electron chi connectivity index (χ2n) is 4.08. The second kappa shape index (κ2) is 5.85. The van der Waals surface area contributed by atoms with Crippen molar-refractivity contribution < 1.29 is 4.74 Å². The molecule has 2 aromatic rings. The summed E-state index contributed by atoms with van der Waals surface area (Å²) in [6.07, 6.45) is 4.28. The molecular weight excluding hydrogens is 248 g/mol. The van der Waals surface area contributed by atoms with Gasteiger partial charge in [0.25, 0.3) is 0 Å². The standard InChI is InChI=1S/C14H15ClN2O/c1-10-6-12(15)2-3-14(10)18-13-7-11(4-5-16)8-17-9-13/h2-3,6-9H,4-5,16H2,1H3. The van der Waals surface area contributed by atoms with Gasteiger partial charge in [-0.15, -0.1) is 0 Å². The summed E-state index contributed by atoms with van der Waals surface area (Å²) < 4.78 is 5.79. The molecule has 0 aliphatic carbocycles. The van der Waals surface area contributed by atoms with E-state index >= 15 is 0 Å². The Morgan fingerprint density at radius 3 is 2.83 bits per heavy atom. The molecule has 3 nitrogen and oxygen atoms in total. The van der Waals surface area contributed by atoms with Crippen LogP contribution in [0.3, 0.4) is 0 Å². The number of rotatable bonds is 4. The molecule has 0 radical (unpaired) electrons. The van der Waals surface area contributed by atoms with Gasteiger partial charge >= 0.3 is 0 Å². The van der Waals surface area contributed by atoms with Crippen LogP contribution in [0, 0.1) is 6.92 Å². The second-order valence-corrected chi connectivity index (χ2v) is 4.52. The molecule has 1 aromatic heterocycles. The fourth-order valence-electron chi connectivity index (χ4n) is 1.68. The first kappa shape index (κ1) is 12.9. The van der Waals surface area contributed by atoms with Crippen molar-refractivity contribution in [3.63, 3.8) is 0 Å². The minimum atomic E-state index is 0.602. The van der Waals surface area contributed by atoms with Crippen molar-refractivity contribution in [1.82, 2.24) is 4.98 Å². The zero-order valence-electron chi connectivity index (χ0n) is 10.2. The Morgan fingerprint density at radius 1 is 1.28 bits per heavy atom. The van der Waals surface area contributed by atoms with Crippen LogP contribution in [0.1, 0.15) is 11.1 Å². The number of hydrogen-bond donors (Lipinski definition) is 1. The molecule has 0 bridgehead atoms. The molecular formula is C14H15ClN2O. The molecule has 2 N–H and O–H groups in total. The van der Waals surface area contributed by atoms with E-state index in [1.165, 1.54) is 0 Å². The Bertz CT molecular complexity index is 543. The molecule has 0 atom stereocenters. The monoisotopic (exact) mass is 262 g/mol. The van der Waals surface area contributed by atoms with E-state index in [9.17, 15) is 0 Å².